The lowest BCUT2D eigenvalue weighted by atomic mass is 10.1. The van der Waals surface area contributed by atoms with Crippen molar-refractivity contribution in [2.45, 2.75) is 13.0 Å². The summed E-state index contributed by atoms with van der Waals surface area (Å²) in [5.41, 5.74) is 1.77. The number of amides is 1. The molecule has 0 spiro atoms. The molecule has 0 unspecified atom stereocenters. The average Bonchev–Trinajstić information content (AvgIpc) is 2.78. The van der Waals surface area contributed by atoms with Gasteiger partial charge in [0.2, 0.25) is 5.95 Å². The Hall–Kier alpha value is -3.26. The van der Waals surface area contributed by atoms with E-state index in [9.17, 15) is 9.59 Å². The summed E-state index contributed by atoms with van der Waals surface area (Å²) < 4.78 is 10.7. The molecule has 4 heterocycles. The molecule has 0 saturated carbocycles. The van der Waals surface area contributed by atoms with Gasteiger partial charge in [0.05, 0.1) is 25.5 Å². The zero-order chi connectivity index (χ0) is 19.8. The molecule has 0 atom stereocenters. The highest BCUT2D eigenvalue weighted by Crippen LogP contribution is 2.22. The number of fused-ring (bicyclic) bond motifs is 2. The van der Waals surface area contributed by atoms with Crippen LogP contribution in [0.5, 0.6) is 0 Å². The molecule has 1 fully saturated rings. The number of carbonyl (C=O) groups is 1. The van der Waals surface area contributed by atoms with Crippen molar-refractivity contribution in [1.82, 2.24) is 14.9 Å². The maximum atomic E-state index is 13.1. The normalized spacial score (nSPS) is 16.7. The lowest BCUT2D eigenvalue weighted by molar-refractivity contribution is 0.0727. The van der Waals surface area contributed by atoms with Crippen LogP contribution in [0.4, 0.5) is 5.95 Å². The van der Waals surface area contributed by atoms with E-state index in [4.69, 9.17) is 14.1 Å². The molecule has 0 N–H and O–H groups in total. The van der Waals surface area contributed by atoms with Crippen LogP contribution in [-0.2, 0) is 17.7 Å². The van der Waals surface area contributed by atoms with Gasteiger partial charge in [-0.2, -0.15) is 0 Å². The predicted octanol–water partition coefficient (Wildman–Crippen LogP) is 1.62. The van der Waals surface area contributed by atoms with E-state index in [-0.39, 0.29) is 11.5 Å². The number of hydrogen-bond acceptors (Lipinski definition) is 7. The van der Waals surface area contributed by atoms with Crippen LogP contribution in [-0.4, -0.2) is 53.6 Å². The second-order valence-electron chi connectivity index (χ2n) is 7.20. The Labute approximate surface area is 166 Å². The summed E-state index contributed by atoms with van der Waals surface area (Å²) in [5, 5.41) is 0.727. The molecule has 0 aliphatic carbocycles. The van der Waals surface area contributed by atoms with E-state index in [0.717, 1.165) is 29.7 Å². The zero-order valence-electron chi connectivity index (χ0n) is 15.8. The van der Waals surface area contributed by atoms with Gasteiger partial charge in [0.15, 0.2) is 0 Å². The van der Waals surface area contributed by atoms with E-state index in [1.54, 1.807) is 23.1 Å². The smallest absolute Gasteiger partial charge is 0.349 e. The highest BCUT2D eigenvalue weighted by molar-refractivity contribution is 5.96. The summed E-state index contributed by atoms with van der Waals surface area (Å²) in [6, 6.07) is 8.78. The summed E-state index contributed by atoms with van der Waals surface area (Å²) in [6.07, 6.45) is 2.50. The Balaban J connectivity index is 1.42. The van der Waals surface area contributed by atoms with Crippen molar-refractivity contribution in [2.24, 2.45) is 0 Å². The van der Waals surface area contributed by atoms with Gasteiger partial charge in [-0.15, -0.1) is 0 Å². The molecule has 2 aliphatic rings. The Morgan fingerprint density at radius 3 is 2.79 bits per heavy atom. The van der Waals surface area contributed by atoms with Crippen molar-refractivity contribution in [2.75, 3.05) is 37.7 Å². The Bertz CT molecular complexity index is 1140. The first-order valence-electron chi connectivity index (χ1n) is 9.69. The molecule has 2 aromatic heterocycles. The Morgan fingerprint density at radius 2 is 1.93 bits per heavy atom. The molecule has 2 aliphatic heterocycles. The van der Waals surface area contributed by atoms with Crippen LogP contribution in [0.3, 0.4) is 0 Å². The number of anilines is 1. The highest BCUT2D eigenvalue weighted by atomic mass is 16.5. The molecular weight excluding hydrogens is 372 g/mol. The first-order chi connectivity index (χ1) is 14.2. The van der Waals surface area contributed by atoms with Gasteiger partial charge >= 0.3 is 5.63 Å². The van der Waals surface area contributed by atoms with E-state index >= 15 is 0 Å². The SMILES string of the molecule is O=C(c1cc2ccccc2oc1=O)N1CCc2cnc(N3CCOCC3)nc2C1. The highest BCUT2D eigenvalue weighted by Gasteiger charge is 2.26. The third-order valence-electron chi connectivity index (χ3n) is 5.39. The molecule has 5 rings (SSSR count). The van der Waals surface area contributed by atoms with Crippen molar-refractivity contribution in [1.29, 1.82) is 0 Å². The van der Waals surface area contributed by atoms with Crippen molar-refractivity contribution < 1.29 is 13.9 Å². The standard InChI is InChI=1S/C21H20N4O4/c26-19(16-11-14-3-1-2-4-18(14)29-20(16)27)25-6-5-15-12-22-21(23-17(15)13-25)24-7-9-28-10-8-24/h1-4,11-12H,5-10,13H2. The Morgan fingerprint density at radius 1 is 1.10 bits per heavy atom. The number of para-hydroxylation sites is 1. The minimum atomic E-state index is -0.615. The maximum Gasteiger partial charge on any atom is 0.349 e. The Kier molecular flexibility index (Phi) is 4.48. The number of nitrogens with zero attached hydrogens (tertiary/aromatic N) is 4. The fourth-order valence-electron chi connectivity index (χ4n) is 3.76. The molecule has 0 radical (unpaired) electrons. The third kappa shape index (κ3) is 3.36. The van der Waals surface area contributed by atoms with Gasteiger partial charge in [0, 0.05) is 31.2 Å². The van der Waals surface area contributed by atoms with E-state index in [1.165, 1.54) is 0 Å². The molecule has 148 valence electrons. The third-order valence-corrected chi connectivity index (χ3v) is 5.39. The zero-order valence-corrected chi connectivity index (χ0v) is 15.8. The van der Waals surface area contributed by atoms with Crippen molar-refractivity contribution in [3.05, 3.63) is 63.8 Å². The first kappa shape index (κ1) is 17.8. The van der Waals surface area contributed by atoms with Crippen LogP contribution in [0.15, 0.2) is 45.7 Å². The fraction of sp³-hybridized carbons (Fsp3) is 0.333. The number of benzene rings is 1. The summed E-state index contributed by atoms with van der Waals surface area (Å²) in [6.45, 7) is 3.67. The minimum Gasteiger partial charge on any atom is -0.422 e. The van der Waals surface area contributed by atoms with Gasteiger partial charge in [-0.25, -0.2) is 14.8 Å². The molecule has 1 saturated heterocycles. The first-order valence-corrected chi connectivity index (χ1v) is 9.69. The van der Waals surface area contributed by atoms with E-state index in [1.807, 2.05) is 18.3 Å². The van der Waals surface area contributed by atoms with Crippen LogP contribution in [0.2, 0.25) is 0 Å². The van der Waals surface area contributed by atoms with Gasteiger partial charge < -0.3 is 19.0 Å². The van der Waals surface area contributed by atoms with Crippen LogP contribution in [0.1, 0.15) is 21.6 Å². The van der Waals surface area contributed by atoms with E-state index < -0.39 is 5.63 Å². The lowest BCUT2D eigenvalue weighted by Crippen LogP contribution is -2.40. The second kappa shape index (κ2) is 7.29. The average molecular weight is 392 g/mol. The van der Waals surface area contributed by atoms with Crippen LogP contribution in [0, 0.1) is 0 Å². The molecule has 8 nitrogen and oxygen atoms in total. The minimum absolute atomic E-state index is 0.0506. The largest absolute Gasteiger partial charge is 0.422 e. The van der Waals surface area contributed by atoms with Crippen molar-refractivity contribution in [3.8, 4) is 0 Å². The number of ether oxygens (including phenoxy) is 1. The number of morpholine rings is 1. The van der Waals surface area contributed by atoms with Gasteiger partial charge in [-0.05, 0) is 24.1 Å². The molecule has 1 amide bonds. The summed E-state index contributed by atoms with van der Waals surface area (Å²) in [5.74, 6) is 0.327. The number of hydrogen-bond donors (Lipinski definition) is 0. The molecule has 8 heteroatoms. The fourth-order valence-corrected chi connectivity index (χ4v) is 3.76. The van der Waals surface area contributed by atoms with Crippen LogP contribution < -0.4 is 10.5 Å². The second-order valence-corrected chi connectivity index (χ2v) is 7.20. The summed E-state index contributed by atoms with van der Waals surface area (Å²) in [7, 11) is 0. The van der Waals surface area contributed by atoms with Gasteiger partial charge in [-0.1, -0.05) is 18.2 Å². The molecule has 29 heavy (non-hydrogen) atoms. The topological polar surface area (TPSA) is 88.8 Å². The van der Waals surface area contributed by atoms with Crippen molar-refractivity contribution in [3.63, 3.8) is 0 Å². The van der Waals surface area contributed by atoms with E-state index in [2.05, 4.69) is 9.88 Å². The summed E-state index contributed by atoms with van der Waals surface area (Å²) in [4.78, 5) is 38.3. The van der Waals surface area contributed by atoms with Crippen LogP contribution in [0.25, 0.3) is 11.0 Å². The monoisotopic (exact) mass is 392 g/mol. The van der Waals surface area contributed by atoms with Crippen molar-refractivity contribution >= 4 is 22.8 Å². The molecule has 0 bridgehead atoms. The maximum absolute atomic E-state index is 13.1. The number of carbonyl (C=O) groups excluding carboxylic acids is 1. The summed E-state index contributed by atoms with van der Waals surface area (Å²) >= 11 is 0. The molecular formula is C21H20N4O4. The molecule has 3 aromatic rings. The predicted molar refractivity (Wildman–Crippen MR) is 106 cm³/mol. The number of rotatable bonds is 2. The van der Waals surface area contributed by atoms with Gasteiger partial charge in [-0.3, -0.25) is 4.79 Å². The number of aromatic nitrogens is 2. The van der Waals surface area contributed by atoms with Gasteiger partial charge in [0.25, 0.3) is 5.91 Å². The van der Waals surface area contributed by atoms with E-state index in [0.29, 0.717) is 44.3 Å². The van der Waals surface area contributed by atoms with Gasteiger partial charge in [0.1, 0.15) is 11.1 Å². The lowest BCUT2D eigenvalue weighted by Gasteiger charge is -2.30. The quantitative estimate of drug-likeness (QED) is 0.612. The van der Waals surface area contributed by atoms with Crippen LogP contribution >= 0.6 is 0 Å². The molecule has 1 aromatic carbocycles.